The van der Waals surface area contributed by atoms with Gasteiger partial charge in [-0.1, -0.05) is 0 Å². The molecule has 2 N–H and O–H groups in total. The van der Waals surface area contributed by atoms with Gasteiger partial charge < -0.3 is 5.32 Å². The average Bonchev–Trinajstić information content (AvgIpc) is 2.81. The third-order valence-electron chi connectivity index (χ3n) is 3.09. The van der Waals surface area contributed by atoms with E-state index >= 15 is 0 Å². The molecule has 114 valence electrons. The van der Waals surface area contributed by atoms with Crippen molar-refractivity contribution in [2.45, 2.75) is 25.3 Å². The van der Waals surface area contributed by atoms with Crippen LogP contribution in [-0.2, 0) is 23.6 Å². The second kappa shape index (κ2) is 5.82. The van der Waals surface area contributed by atoms with E-state index in [1.54, 1.807) is 40.1 Å². The van der Waals surface area contributed by atoms with Gasteiger partial charge in [0.1, 0.15) is 6.33 Å². The van der Waals surface area contributed by atoms with Crippen LogP contribution in [0.4, 0.5) is 5.69 Å². The molecule has 0 aliphatic rings. The number of hydrogen-bond donors (Lipinski definition) is 2. The number of anilines is 1. The number of sulfonamides is 1. The minimum Gasteiger partial charge on any atom is -0.388 e. The predicted octanol–water partition coefficient (Wildman–Crippen LogP) is 0.952. The molecule has 1 aromatic carbocycles. The highest BCUT2D eigenvalue weighted by atomic mass is 32.2. The van der Waals surface area contributed by atoms with Crippen LogP contribution < -0.4 is 10.0 Å². The van der Waals surface area contributed by atoms with Crippen LogP contribution in [0, 0.1) is 13.8 Å². The molecule has 0 aliphatic heterocycles. The van der Waals surface area contributed by atoms with Gasteiger partial charge in [0.2, 0.25) is 10.0 Å². The monoisotopic (exact) mass is 309 g/mol. The Hall–Kier alpha value is -1.93. The summed E-state index contributed by atoms with van der Waals surface area (Å²) in [7, 11) is -0.0717. The normalized spacial score (nSPS) is 11.6. The van der Waals surface area contributed by atoms with E-state index in [2.05, 4.69) is 20.1 Å². The third-order valence-corrected chi connectivity index (χ3v) is 4.79. The zero-order chi connectivity index (χ0) is 15.6. The van der Waals surface area contributed by atoms with Crippen molar-refractivity contribution in [3.05, 3.63) is 35.4 Å². The molecule has 0 atom stereocenters. The van der Waals surface area contributed by atoms with E-state index in [4.69, 9.17) is 0 Å². The number of nitrogens with one attached hydrogen (secondary N) is 2. The topological polar surface area (TPSA) is 88.9 Å². The smallest absolute Gasteiger partial charge is 0.241 e. The van der Waals surface area contributed by atoms with E-state index in [0.717, 1.165) is 5.69 Å². The first-order valence-corrected chi connectivity index (χ1v) is 7.95. The Bertz CT molecular complexity index is 729. The van der Waals surface area contributed by atoms with Crippen molar-refractivity contribution in [1.82, 2.24) is 19.5 Å². The molecule has 1 heterocycles. The van der Waals surface area contributed by atoms with Gasteiger partial charge in [0.05, 0.1) is 11.4 Å². The lowest BCUT2D eigenvalue weighted by molar-refractivity contribution is 0.577. The summed E-state index contributed by atoms with van der Waals surface area (Å²) < 4.78 is 29.0. The molecule has 0 bridgehead atoms. The first-order valence-electron chi connectivity index (χ1n) is 6.46. The molecule has 1 aromatic heterocycles. The van der Waals surface area contributed by atoms with Gasteiger partial charge in [-0.05, 0) is 37.1 Å². The van der Waals surface area contributed by atoms with Crippen LogP contribution in [0.1, 0.15) is 17.0 Å². The molecule has 0 aliphatic carbocycles. The Balaban J connectivity index is 2.27. The second-order valence-corrected chi connectivity index (χ2v) is 6.55. The fourth-order valence-corrected chi connectivity index (χ4v) is 3.64. The summed E-state index contributed by atoms with van der Waals surface area (Å²) >= 11 is 0. The molecule has 8 heteroatoms. The molecule has 0 fully saturated rings. The van der Waals surface area contributed by atoms with Crippen molar-refractivity contribution in [2.24, 2.45) is 7.05 Å². The molecule has 2 aromatic rings. The van der Waals surface area contributed by atoms with E-state index in [-0.39, 0.29) is 6.54 Å². The van der Waals surface area contributed by atoms with Crippen LogP contribution in [0.15, 0.2) is 23.4 Å². The summed E-state index contributed by atoms with van der Waals surface area (Å²) in [5.41, 5.74) is 2.28. The quantitative estimate of drug-likeness (QED) is 0.858. The Morgan fingerprint density at radius 2 is 1.86 bits per heavy atom. The Kier molecular flexibility index (Phi) is 4.29. The van der Waals surface area contributed by atoms with Crippen molar-refractivity contribution >= 4 is 15.7 Å². The minimum atomic E-state index is -3.60. The first-order chi connectivity index (χ1) is 9.83. The van der Waals surface area contributed by atoms with Gasteiger partial charge in [0.15, 0.2) is 5.82 Å². The fourth-order valence-electron chi connectivity index (χ4n) is 2.22. The van der Waals surface area contributed by atoms with E-state index in [9.17, 15) is 8.42 Å². The number of hydrogen-bond acceptors (Lipinski definition) is 5. The van der Waals surface area contributed by atoms with Crippen LogP contribution in [0.2, 0.25) is 0 Å². The third kappa shape index (κ3) is 3.40. The summed E-state index contributed by atoms with van der Waals surface area (Å²) in [6.45, 7) is 3.62. The maximum Gasteiger partial charge on any atom is 0.241 e. The molecule has 0 radical (unpaired) electrons. The van der Waals surface area contributed by atoms with E-state index < -0.39 is 10.0 Å². The van der Waals surface area contributed by atoms with E-state index in [1.807, 2.05) is 0 Å². The van der Waals surface area contributed by atoms with Gasteiger partial charge in [0, 0.05) is 19.8 Å². The molecule has 0 saturated heterocycles. The number of rotatable bonds is 5. The Labute approximate surface area is 124 Å². The van der Waals surface area contributed by atoms with Crippen LogP contribution >= 0.6 is 0 Å². The highest BCUT2D eigenvalue weighted by Crippen LogP contribution is 2.24. The molecular weight excluding hydrogens is 290 g/mol. The van der Waals surface area contributed by atoms with Gasteiger partial charge in [-0.25, -0.2) is 18.1 Å². The molecule has 7 nitrogen and oxygen atoms in total. The number of benzene rings is 1. The number of nitrogens with zero attached hydrogens (tertiary/aromatic N) is 3. The van der Waals surface area contributed by atoms with Crippen LogP contribution in [0.25, 0.3) is 0 Å². The maximum atomic E-state index is 12.5. The first kappa shape index (κ1) is 15.5. The SMILES string of the molecule is CNc1cc(C)c(S(=O)(=O)NCc2ncn(C)n2)c(C)c1. The number of aryl methyl sites for hydroxylation is 3. The predicted molar refractivity (Wildman–Crippen MR) is 80.5 cm³/mol. The fraction of sp³-hybridized carbons (Fsp3) is 0.385. The van der Waals surface area contributed by atoms with Crippen molar-refractivity contribution in [3.8, 4) is 0 Å². The van der Waals surface area contributed by atoms with Gasteiger partial charge >= 0.3 is 0 Å². The standard InChI is InChI=1S/C13H19N5O2S/c1-9-5-11(14-3)6-10(2)13(9)21(19,20)16-7-12-15-8-18(4)17-12/h5-6,8,14,16H,7H2,1-4H3. The van der Waals surface area contributed by atoms with Crippen molar-refractivity contribution in [3.63, 3.8) is 0 Å². The molecule has 0 unspecified atom stereocenters. The summed E-state index contributed by atoms with van der Waals surface area (Å²) in [6, 6.07) is 3.61. The Morgan fingerprint density at radius 3 is 2.33 bits per heavy atom. The average molecular weight is 309 g/mol. The lowest BCUT2D eigenvalue weighted by Gasteiger charge is -2.13. The summed E-state index contributed by atoms with van der Waals surface area (Å²) in [5.74, 6) is 0.434. The molecular formula is C13H19N5O2S. The highest BCUT2D eigenvalue weighted by molar-refractivity contribution is 7.89. The van der Waals surface area contributed by atoms with Crippen LogP contribution in [0.5, 0.6) is 0 Å². The summed E-state index contributed by atoms with van der Waals surface area (Å²) in [5, 5.41) is 7.06. The van der Waals surface area contributed by atoms with Crippen molar-refractivity contribution in [1.29, 1.82) is 0 Å². The van der Waals surface area contributed by atoms with Gasteiger partial charge in [-0.15, -0.1) is 0 Å². The zero-order valence-electron chi connectivity index (χ0n) is 12.5. The molecule has 0 spiro atoms. The van der Waals surface area contributed by atoms with Gasteiger partial charge in [-0.2, -0.15) is 5.10 Å². The molecule has 0 saturated carbocycles. The molecule has 2 rings (SSSR count). The van der Waals surface area contributed by atoms with E-state index in [1.165, 1.54) is 11.0 Å². The molecule has 0 amide bonds. The summed E-state index contributed by atoms with van der Waals surface area (Å²) in [6.07, 6.45) is 1.53. The highest BCUT2D eigenvalue weighted by Gasteiger charge is 2.20. The second-order valence-electron chi connectivity index (χ2n) is 4.85. The lowest BCUT2D eigenvalue weighted by Crippen LogP contribution is -2.25. The van der Waals surface area contributed by atoms with Crippen molar-refractivity contribution < 1.29 is 8.42 Å². The maximum absolute atomic E-state index is 12.5. The van der Waals surface area contributed by atoms with Gasteiger partial charge in [0.25, 0.3) is 0 Å². The lowest BCUT2D eigenvalue weighted by atomic mass is 10.1. The largest absolute Gasteiger partial charge is 0.388 e. The zero-order valence-corrected chi connectivity index (χ0v) is 13.3. The van der Waals surface area contributed by atoms with E-state index in [0.29, 0.717) is 21.8 Å². The molecule has 21 heavy (non-hydrogen) atoms. The summed E-state index contributed by atoms with van der Waals surface area (Å²) in [4.78, 5) is 4.30. The van der Waals surface area contributed by atoms with Crippen molar-refractivity contribution in [2.75, 3.05) is 12.4 Å². The van der Waals surface area contributed by atoms with Gasteiger partial charge in [-0.3, -0.25) is 4.68 Å². The number of aromatic nitrogens is 3. The van der Waals surface area contributed by atoms with Crippen LogP contribution in [-0.4, -0.2) is 30.2 Å². The Morgan fingerprint density at radius 1 is 1.24 bits per heavy atom. The van der Waals surface area contributed by atoms with Crippen LogP contribution in [0.3, 0.4) is 0 Å². The minimum absolute atomic E-state index is 0.0653.